The summed E-state index contributed by atoms with van der Waals surface area (Å²) in [6, 6.07) is 1.26. The molecule has 2 fully saturated rings. The summed E-state index contributed by atoms with van der Waals surface area (Å²) < 4.78 is 0. The summed E-state index contributed by atoms with van der Waals surface area (Å²) in [5.41, 5.74) is 0. The van der Waals surface area contributed by atoms with E-state index in [1.807, 2.05) is 11.8 Å². The molecule has 0 aromatic carbocycles. The molecule has 2 nitrogen and oxygen atoms in total. The van der Waals surface area contributed by atoms with E-state index >= 15 is 0 Å². The standard InChI is InChI=1S/C11H20N2S/c1-3-9-7-14-11(12-9)13-10-6-4-5-8(10)2/h8-10H,3-7H2,1-2H3,(H,12,13). The van der Waals surface area contributed by atoms with E-state index in [0.29, 0.717) is 12.1 Å². The van der Waals surface area contributed by atoms with Gasteiger partial charge in [-0.05, 0) is 25.2 Å². The van der Waals surface area contributed by atoms with Gasteiger partial charge in [0.05, 0.1) is 6.04 Å². The molecule has 1 saturated heterocycles. The van der Waals surface area contributed by atoms with Crippen molar-refractivity contribution < 1.29 is 0 Å². The number of hydrogen-bond acceptors (Lipinski definition) is 2. The fraction of sp³-hybridized carbons (Fsp3) is 0.909. The van der Waals surface area contributed by atoms with Gasteiger partial charge >= 0.3 is 0 Å². The van der Waals surface area contributed by atoms with Crippen molar-refractivity contribution in [2.75, 3.05) is 5.75 Å². The molecule has 14 heavy (non-hydrogen) atoms. The average molecular weight is 212 g/mol. The maximum absolute atomic E-state index is 4.82. The first kappa shape index (κ1) is 10.3. The number of amidine groups is 1. The van der Waals surface area contributed by atoms with E-state index in [1.165, 1.54) is 36.6 Å². The fourth-order valence-electron chi connectivity index (χ4n) is 2.20. The lowest BCUT2D eigenvalue weighted by atomic mass is 10.1. The number of aliphatic imine (C=N–C) groups is 1. The molecule has 3 heteroatoms. The van der Waals surface area contributed by atoms with Crippen LogP contribution in [0.4, 0.5) is 0 Å². The normalized spacial score (nSPS) is 40.4. The summed E-state index contributed by atoms with van der Waals surface area (Å²) in [6.45, 7) is 4.57. The van der Waals surface area contributed by atoms with E-state index < -0.39 is 0 Å². The van der Waals surface area contributed by atoms with Gasteiger partial charge in [-0.3, -0.25) is 4.99 Å². The Morgan fingerprint density at radius 1 is 1.50 bits per heavy atom. The summed E-state index contributed by atoms with van der Waals surface area (Å²) in [4.78, 5) is 4.82. The Morgan fingerprint density at radius 3 is 2.93 bits per heavy atom. The van der Waals surface area contributed by atoms with Gasteiger partial charge in [0.2, 0.25) is 0 Å². The zero-order valence-electron chi connectivity index (χ0n) is 9.12. The van der Waals surface area contributed by atoms with Gasteiger partial charge in [0, 0.05) is 11.8 Å². The van der Waals surface area contributed by atoms with Gasteiger partial charge in [-0.2, -0.15) is 0 Å². The summed E-state index contributed by atoms with van der Waals surface area (Å²) in [7, 11) is 0. The minimum Gasteiger partial charge on any atom is -0.361 e. The van der Waals surface area contributed by atoms with Gasteiger partial charge in [0.15, 0.2) is 5.17 Å². The predicted molar refractivity (Wildman–Crippen MR) is 63.9 cm³/mol. The SMILES string of the molecule is CCC1CSC(=NC2CCCC2C)N1. The molecule has 1 aliphatic carbocycles. The van der Waals surface area contributed by atoms with Gasteiger partial charge in [-0.25, -0.2) is 0 Å². The molecule has 1 heterocycles. The number of thioether (sulfide) groups is 1. The molecule has 1 aliphatic heterocycles. The molecule has 3 unspecified atom stereocenters. The number of nitrogens with one attached hydrogen (secondary N) is 1. The Labute approximate surface area is 90.9 Å². The molecule has 0 amide bonds. The van der Waals surface area contributed by atoms with E-state index in [2.05, 4.69) is 19.2 Å². The fourth-order valence-corrected chi connectivity index (χ4v) is 3.34. The van der Waals surface area contributed by atoms with Crippen molar-refractivity contribution in [2.45, 2.75) is 51.6 Å². The third kappa shape index (κ3) is 2.25. The highest BCUT2D eigenvalue weighted by Crippen LogP contribution is 2.29. The van der Waals surface area contributed by atoms with Crippen molar-refractivity contribution in [3.63, 3.8) is 0 Å². The van der Waals surface area contributed by atoms with E-state index in [0.717, 1.165) is 5.92 Å². The lowest BCUT2D eigenvalue weighted by Crippen LogP contribution is -2.27. The third-order valence-corrected chi connectivity index (χ3v) is 4.41. The van der Waals surface area contributed by atoms with Gasteiger partial charge in [0.1, 0.15) is 0 Å². The third-order valence-electron chi connectivity index (χ3n) is 3.34. The van der Waals surface area contributed by atoms with Crippen molar-refractivity contribution in [2.24, 2.45) is 10.9 Å². The van der Waals surface area contributed by atoms with E-state index in [-0.39, 0.29) is 0 Å². The monoisotopic (exact) mass is 212 g/mol. The Morgan fingerprint density at radius 2 is 2.36 bits per heavy atom. The van der Waals surface area contributed by atoms with Crippen molar-refractivity contribution in [3.8, 4) is 0 Å². The molecule has 1 N–H and O–H groups in total. The lowest BCUT2D eigenvalue weighted by molar-refractivity contribution is 0.528. The zero-order chi connectivity index (χ0) is 9.97. The van der Waals surface area contributed by atoms with Crippen molar-refractivity contribution in [1.82, 2.24) is 5.32 Å². The molecule has 0 aromatic heterocycles. The Hall–Kier alpha value is -0.180. The first-order chi connectivity index (χ1) is 6.79. The minimum absolute atomic E-state index is 0.598. The largest absolute Gasteiger partial charge is 0.361 e. The molecule has 3 atom stereocenters. The highest BCUT2D eigenvalue weighted by Gasteiger charge is 2.25. The van der Waals surface area contributed by atoms with Crippen molar-refractivity contribution >= 4 is 16.9 Å². The number of rotatable bonds is 2. The molecule has 0 spiro atoms. The zero-order valence-corrected chi connectivity index (χ0v) is 9.94. The van der Waals surface area contributed by atoms with Crippen LogP contribution in [-0.4, -0.2) is 23.0 Å². The lowest BCUT2D eigenvalue weighted by Gasteiger charge is -2.11. The van der Waals surface area contributed by atoms with Crippen LogP contribution in [-0.2, 0) is 0 Å². The molecular weight excluding hydrogens is 192 g/mol. The Bertz CT molecular complexity index is 227. The van der Waals surface area contributed by atoms with Crippen LogP contribution in [0, 0.1) is 5.92 Å². The van der Waals surface area contributed by atoms with Crippen LogP contribution in [0.25, 0.3) is 0 Å². The Kier molecular flexibility index (Phi) is 3.37. The second-order valence-electron chi connectivity index (χ2n) is 4.47. The van der Waals surface area contributed by atoms with Crippen LogP contribution in [0.1, 0.15) is 39.5 Å². The first-order valence-electron chi connectivity index (χ1n) is 5.76. The van der Waals surface area contributed by atoms with E-state index in [1.54, 1.807) is 0 Å². The van der Waals surface area contributed by atoms with Crippen LogP contribution in [0.3, 0.4) is 0 Å². The second kappa shape index (κ2) is 4.56. The average Bonchev–Trinajstić information content (AvgIpc) is 2.77. The van der Waals surface area contributed by atoms with Crippen LogP contribution in [0.15, 0.2) is 4.99 Å². The smallest absolute Gasteiger partial charge is 0.157 e. The highest BCUT2D eigenvalue weighted by atomic mass is 32.2. The van der Waals surface area contributed by atoms with E-state index in [4.69, 9.17) is 4.99 Å². The summed E-state index contributed by atoms with van der Waals surface area (Å²) >= 11 is 1.90. The van der Waals surface area contributed by atoms with Crippen LogP contribution >= 0.6 is 11.8 Å². The highest BCUT2D eigenvalue weighted by molar-refractivity contribution is 8.14. The van der Waals surface area contributed by atoms with E-state index in [9.17, 15) is 0 Å². The summed E-state index contributed by atoms with van der Waals surface area (Å²) in [5, 5.41) is 4.71. The number of nitrogens with zero attached hydrogens (tertiary/aromatic N) is 1. The van der Waals surface area contributed by atoms with Gasteiger partial charge in [-0.15, -0.1) is 0 Å². The molecule has 0 aromatic rings. The molecular formula is C11H20N2S. The number of hydrogen-bond donors (Lipinski definition) is 1. The quantitative estimate of drug-likeness (QED) is 0.761. The maximum atomic E-state index is 4.82. The molecule has 2 aliphatic rings. The van der Waals surface area contributed by atoms with Gasteiger partial charge in [0.25, 0.3) is 0 Å². The topological polar surface area (TPSA) is 24.4 Å². The van der Waals surface area contributed by atoms with Crippen LogP contribution in [0.2, 0.25) is 0 Å². The molecule has 0 bridgehead atoms. The Balaban J connectivity index is 1.91. The maximum Gasteiger partial charge on any atom is 0.157 e. The van der Waals surface area contributed by atoms with Crippen LogP contribution < -0.4 is 5.32 Å². The van der Waals surface area contributed by atoms with Crippen molar-refractivity contribution in [1.29, 1.82) is 0 Å². The van der Waals surface area contributed by atoms with Gasteiger partial charge < -0.3 is 5.32 Å². The van der Waals surface area contributed by atoms with Gasteiger partial charge in [-0.1, -0.05) is 32.0 Å². The molecule has 80 valence electrons. The minimum atomic E-state index is 0.598. The molecule has 0 radical (unpaired) electrons. The van der Waals surface area contributed by atoms with Crippen molar-refractivity contribution in [3.05, 3.63) is 0 Å². The first-order valence-corrected chi connectivity index (χ1v) is 6.75. The summed E-state index contributed by atoms with van der Waals surface area (Å²) in [6.07, 6.45) is 5.24. The molecule has 1 saturated carbocycles. The van der Waals surface area contributed by atoms with Crippen LogP contribution in [0.5, 0.6) is 0 Å². The second-order valence-corrected chi connectivity index (χ2v) is 5.48. The molecule has 2 rings (SSSR count). The predicted octanol–water partition coefficient (Wildman–Crippen LogP) is 2.65. The summed E-state index contributed by atoms with van der Waals surface area (Å²) in [5.74, 6) is 2.00.